The molecule has 0 amide bonds. The van der Waals surface area contributed by atoms with Crippen molar-refractivity contribution in [2.45, 2.75) is 50.5 Å². The lowest BCUT2D eigenvalue weighted by atomic mass is 9.82. The van der Waals surface area contributed by atoms with E-state index in [9.17, 15) is 9.59 Å². The van der Waals surface area contributed by atoms with E-state index in [1.807, 2.05) is 0 Å². The van der Waals surface area contributed by atoms with E-state index in [2.05, 4.69) is 0 Å². The molecule has 0 N–H and O–H groups in total. The van der Waals surface area contributed by atoms with Gasteiger partial charge in [-0.15, -0.1) is 0 Å². The molecular formula is C16H18Cl2O3. The maximum atomic E-state index is 12.2. The molecule has 0 unspecified atom stereocenters. The fourth-order valence-corrected chi connectivity index (χ4v) is 3.27. The van der Waals surface area contributed by atoms with E-state index in [-0.39, 0.29) is 18.8 Å². The van der Waals surface area contributed by atoms with Crippen molar-refractivity contribution in [2.24, 2.45) is 0 Å². The molecule has 0 saturated heterocycles. The number of ether oxygens (including phenoxy) is 1. The van der Waals surface area contributed by atoms with Gasteiger partial charge in [0, 0.05) is 16.5 Å². The van der Waals surface area contributed by atoms with Crippen molar-refractivity contribution in [2.75, 3.05) is 0 Å². The monoisotopic (exact) mass is 328 g/mol. The molecule has 1 fully saturated rings. The Balaban J connectivity index is 2.03. The molecule has 0 aliphatic heterocycles. The zero-order chi connectivity index (χ0) is 15.3. The summed E-state index contributed by atoms with van der Waals surface area (Å²) >= 11 is 11.9. The van der Waals surface area contributed by atoms with Gasteiger partial charge in [0.25, 0.3) is 0 Å². The second-order valence-corrected chi connectivity index (χ2v) is 6.34. The lowest BCUT2D eigenvalue weighted by Gasteiger charge is -2.35. The van der Waals surface area contributed by atoms with Crippen molar-refractivity contribution in [3.05, 3.63) is 33.8 Å². The summed E-state index contributed by atoms with van der Waals surface area (Å²) < 4.78 is 5.65. The van der Waals surface area contributed by atoms with Crippen LogP contribution in [0.5, 0.6) is 0 Å². The number of hydrogen-bond donors (Lipinski definition) is 0. The highest BCUT2D eigenvalue weighted by Crippen LogP contribution is 2.34. The lowest BCUT2D eigenvalue weighted by Crippen LogP contribution is -2.38. The van der Waals surface area contributed by atoms with Crippen LogP contribution in [0.15, 0.2) is 18.2 Å². The highest BCUT2D eigenvalue weighted by atomic mass is 35.5. The molecule has 1 aliphatic rings. The smallest absolute Gasteiger partial charge is 0.310 e. The molecular weight excluding hydrogens is 311 g/mol. The van der Waals surface area contributed by atoms with E-state index < -0.39 is 5.60 Å². The average molecular weight is 329 g/mol. The minimum absolute atomic E-state index is 0.0939. The number of carbonyl (C=O) groups is 2. The quantitative estimate of drug-likeness (QED) is 0.595. The van der Waals surface area contributed by atoms with Gasteiger partial charge < -0.3 is 9.53 Å². The van der Waals surface area contributed by atoms with Crippen molar-refractivity contribution >= 4 is 35.5 Å². The van der Waals surface area contributed by atoms with Crippen LogP contribution in [0.2, 0.25) is 10.0 Å². The van der Waals surface area contributed by atoms with Crippen LogP contribution in [-0.2, 0) is 20.7 Å². The van der Waals surface area contributed by atoms with E-state index >= 15 is 0 Å². The third-order valence-corrected chi connectivity index (χ3v) is 4.49. The Morgan fingerprint density at radius 1 is 1.24 bits per heavy atom. The molecule has 21 heavy (non-hydrogen) atoms. The topological polar surface area (TPSA) is 43.4 Å². The van der Waals surface area contributed by atoms with Gasteiger partial charge in [-0.1, -0.05) is 35.7 Å². The van der Waals surface area contributed by atoms with Gasteiger partial charge in [0.2, 0.25) is 0 Å². The van der Waals surface area contributed by atoms with Crippen LogP contribution in [0, 0.1) is 0 Å². The standard InChI is InChI=1S/C16H18Cl2O3/c17-13-5-4-12(14(18)11-13)10-15(20)21-16(8-9-19)6-2-1-3-7-16/h4-5,9,11H,1-3,6-8,10H2. The summed E-state index contributed by atoms with van der Waals surface area (Å²) in [6, 6.07) is 5.02. The number of hydrogen-bond acceptors (Lipinski definition) is 3. The molecule has 5 heteroatoms. The first kappa shape index (κ1) is 16.3. The summed E-state index contributed by atoms with van der Waals surface area (Å²) in [5.41, 5.74) is 0.0684. The fraction of sp³-hybridized carbons (Fsp3) is 0.500. The second-order valence-electron chi connectivity index (χ2n) is 5.50. The fourth-order valence-electron chi connectivity index (χ4n) is 2.79. The van der Waals surface area contributed by atoms with E-state index in [4.69, 9.17) is 27.9 Å². The van der Waals surface area contributed by atoms with Crippen LogP contribution in [-0.4, -0.2) is 17.9 Å². The van der Waals surface area contributed by atoms with Crippen molar-refractivity contribution in [3.8, 4) is 0 Å². The van der Waals surface area contributed by atoms with E-state index in [1.165, 1.54) is 0 Å². The highest BCUT2D eigenvalue weighted by molar-refractivity contribution is 6.35. The normalized spacial score (nSPS) is 17.2. The van der Waals surface area contributed by atoms with Crippen molar-refractivity contribution < 1.29 is 14.3 Å². The Labute approximate surface area is 134 Å². The van der Waals surface area contributed by atoms with Crippen molar-refractivity contribution in [3.63, 3.8) is 0 Å². The molecule has 114 valence electrons. The summed E-state index contributed by atoms with van der Waals surface area (Å²) in [6.45, 7) is 0. The Bertz CT molecular complexity index is 522. The molecule has 1 aromatic rings. The first-order valence-electron chi connectivity index (χ1n) is 7.14. The Morgan fingerprint density at radius 3 is 2.57 bits per heavy atom. The largest absolute Gasteiger partial charge is 0.458 e. The van der Waals surface area contributed by atoms with Gasteiger partial charge in [-0.3, -0.25) is 4.79 Å². The maximum absolute atomic E-state index is 12.2. The van der Waals surface area contributed by atoms with Gasteiger partial charge in [0.1, 0.15) is 11.9 Å². The third kappa shape index (κ3) is 4.45. The molecule has 0 aromatic heterocycles. The number of benzene rings is 1. The number of halogens is 2. The van der Waals surface area contributed by atoms with Crippen LogP contribution < -0.4 is 0 Å². The summed E-state index contributed by atoms with van der Waals surface area (Å²) in [6.07, 6.45) is 5.82. The van der Waals surface area contributed by atoms with Crippen LogP contribution >= 0.6 is 23.2 Å². The van der Waals surface area contributed by atoms with E-state index in [0.717, 1.165) is 38.4 Å². The number of carbonyl (C=O) groups excluding carboxylic acids is 2. The second kappa shape index (κ2) is 7.28. The Kier molecular flexibility index (Phi) is 5.65. The number of rotatable bonds is 5. The molecule has 0 bridgehead atoms. The summed E-state index contributed by atoms with van der Waals surface area (Å²) in [7, 11) is 0. The lowest BCUT2D eigenvalue weighted by molar-refractivity contribution is -0.163. The summed E-state index contributed by atoms with van der Waals surface area (Å²) in [5.74, 6) is -0.344. The SMILES string of the molecule is O=CCC1(OC(=O)Cc2ccc(Cl)cc2Cl)CCCCC1. The zero-order valence-corrected chi connectivity index (χ0v) is 13.3. The predicted octanol–water partition coefficient (Wildman–Crippen LogP) is 4.37. The van der Waals surface area contributed by atoms with Crippen LogP contribution in [0.4, 0.5) is 0 Å². The zero-order valence-electron chi connectivity index (χ0n) is 11.7. The minimum atomic E-state index is -0.615. The molecule has 1 saturated carbocycles. The summed E-state index contributed by atoms with van der Waals surface area (Å²) in [4.78, 5) is 23.1. The molecule has 1 aliphatic carbocycles. The van der Waals surface area contributed by atoms with Gasteiger partial charge in [-0.25, -0.2) is 0 Å². The van der Waals surface area contributed by atoms with Gasteiger partial charge >= 0.3 is 5.97 Å². The minimum Gasteiger partial charge on any atom is -0.458 e. The van der Waals surface area contributed by atoms with Gasteiger partial charge in [0.05, 0.1) is 6.42 Å². The van der Waals surface area contributed by atoms with Crippen LogP contribution in [0.3, 0.4) is 0 Å². The predicted molar refractivity (Wildman–Crippen MR) is 82.8 cm³/mol. The van der Waals surface area contributed by atoms with E-state index in [0.29, 0.717) is 15.6 Å². The highest BCUT2D eigenvalue weighted by Gasteiger charge is 2.35. The van der Waals surface area contributed by atoms with Gasteiger partial charge in [-0.2, -0.15) is 0 Å². The van der Waals surface area contributed by atoms with Crippen LogP contribution in [0.1, 0.15) is 44.1 Å². The Morgan fingerprint density at radius 2 is 1.95 bits per heavy atom. The number of esters is 1. The molecule has 1 aromatic carbocycles. The molecule has 0 heterocycles. The number of aldehydes is 1. The van der Waals surface area contributed by atoms with Crippen molar-refractivity contribution in [1.29, 1.82) is 0 Å². The van der Waals surface area contributed by atoms with Gasteiger partial charge in [0.15, 0.2) is 0 Å². The molecule has 3 nitrogen and oxygen atoms in total. The van der Waals surface area contributed by atoms with Crippen molar-refractivity contribution in [1.82, 2.24) is 0 Å². The third-order valence-electron chi connectivity index (χ3n) is 3.90. The molecule has 0 spiro atoms. The first-order valence-corrected chi connectivity index (χ1v) is 7.90. The van der Waals surface area contributed by atoms with E-state index in [1.54, 1.807) is 18.2 Å². The first-order chi connectivity index (χ1) is 10.0. The average Bonchev–Trinajstić information content (AvgIpc) is 2.43. The van der Waals surface area contributed by atoms with Crippen LogP contribution in [0.25, 0.3) is 0 Å². The molecule has 2 rings (SSSR count). The molecule has 0 atom stereocenters. The summed E-state index contributed by atoms with van der Waals surface area (Å²) in [5, 5.41) is 0.981. The molecule has 0 radical (unpaired) electrons. The van der Waals surface area contributed by atoms with Gasteiger partial charge in [-0.05, 0) is 43.4 Å². The Hall–Kier alpha value is -1.06. The maximum Gasteiger partial charge on any atom is 0.310 e.